The first-order valence-electron chi connectivity index (χ1n) is 10.1. The number of hydrogen-bond acceptors (Lipinski definition) is 6. The Kier molecular flexibility index (Phi) is 13.1. The molecule has 0 spiro atoms. The predicted octanol–water partition coefficient (Wildman–Crippen LogP) is 7.89. The zero-order valence-corrected chi connectivity index (χ0v) is 20.7. The van der Waals surface area contributed by atoms with Gasteiger partial charge in [0.25, 0.3) is 12.9 Å². The van der Waals surface area contributed by atoms with Crippen molar-refractivity contribution in [2.75, 3.05) is 0 Å². The molecule has 0 unspecified atom stereocenters. The van der Waals surface area contributed by atoms with Crippen molar-refractivity contribution in [3.63, 3.8) is 0 Å². The van der Waals surface area contributed by atoms with Gasteiger partial charge in [-0.05, 0) is 11.1 Å². The number of nitrogens with zero attached hydrogens (tertiary/aromatic N) is 4. The summed E-state index contributed by atoms with van der Waals surface area (Å²) >= 11 is 10.7. The summed E-state index contributed by atoms with van der Waals surface area (Å²) in [6, 6.07) is 19.8. The van der Waals surface area contributed by atoms with E-state index >= 15 is 0 Å². The van der Waals surface area contributed by atoms with Gasteiger partial charge in [0.2, 0.25) is 0 Å². The summed E-state index contributed by atoms with van der Waals surface area (Å²) in [5.41, 5.74) is 1.64. The second-order valence-electron chi connectivity index (χ2n) is 6.50. The van der Waals surface area contributed by atoms with Crippen LogP contribution in [0.1, 0.15) is 35.4 Å². The van der Waals surface area contributed by atoms with Gasteiger partial charge in [-0.15, -0.1) is 0 Å². The van der Waals surface area contributed by atoms with Crippen LogP contribution < -0.4 is 0 Å². The van der Waals surface area contributed by atoms with E-state index in [0.29, 0.717) is 10.8 Å². The van der Waals surface area contributed by atoms with Crippen molar-refractivity contribution in [3.05, 3.63) is 113 Å². The molecule has 4 nitrogen and oxygen atoms in total. The first-order chi connectivity index (χ1) is 16.9. The van der Waals surface area contributed by atoms with Gasteiger partial charge < -0.3 is 0 Å². The summed E-state index contributed by atoms with van der Waals surface area (Å²) in [7, 11) is 0. The molecule has 0 saturated carbocycles. The number of alkyl halides is 4. The number of thiol groups is 1. The predicted molar refractivity (Wildman–Crippen MR) is 134 cm³/mol. The molecule has 0 aliphatic heterocycles. The molecule has 0 fully saturated rings. The standard InChI is InChI=1S/C12H10F2N2S.C7H8S.C5H3ClF2N2/c13-11(14)10-12(16-7-6-15-10)17-8-9-4-2-1-3-5-9;8-6-7-4-2-1-3-5-7;6-4-3(5(7)8)9-1-2-10-4/h1-7,11H,8H2;1-5,8H,6H2;1-2,5H. The van der Waals surface area contributed by atoms with Crippen LogP contribution in [0.5, 0.6) is 0 Å². The Morgan fingerprint density at radius 2 is 1.17 bits per heavy atom. The van der Waals surface area contributed by atoms with Crippen LogP contribution >= 0.6 is 36.0 Å². The molecule has 0 N–H and O–H groups in total. The molecule has 0 aliphatic carbocycles. The van der Waals surface area contributed by atoms with E-state index in [1.165, 1.54) is 42.1 Å². The van der Waals surface area contributed by atoms with Crippen molar-refractivity contribution in [1.82, 2.24) is 19.9 Å². The fourth-order valence-electron chi connectivity index (χ4n) is 2.38. The third-order valence-corrected chi connectivity index (χ3v) is 5.75. The molecule has 0 atom stereocenters. The lowest BCUT2D eigenvalue weighted by Gasteiger charge is -2.05. The smallest absolute Gasteiger partial charge is 0.251 e. The van der Waals surface area contributed by atoms with E-state index in [1.807, 2.05) is 48.5 Å². The third kappa shape index (κ3) is 10.6. The summed E-state index contributed by atoms with van der Waals surface area (Å²) in [5.74, 6) is 1.44. The highest BCUT2D eigenvalue weighted by molar-refractivity contribution is 7.98. The van der Waals surface area contributed by atoms with E-state index in [-0.39, 0.29) is 10.8 Å². The third-order valence-electron chi connectivity index (χ3n) is 4.03. The molecule has 2 aromatic heterocycles. The summed E-state index contributed by atoms with van der Waals surface area (Å²) in [6.45, 7) is 0. The van der Waals surface area contributed by atoms with Crippen LogP contribution in [0.3, 0.4) is 0 Å². The van der Waals surface area contributed by atoms with Crippen LogP contribution in [0.15, 0.2) is 90.5 Å². The Bertz CT molecular complexity index is 1130. The largest absolute Gasteiger partial charge is 0.283 e. The average molecular weight is 541 g/mol. The molecule has 4 aromatic rings. The quantitative estimate of drug-likeness (QED) is 0.153. The Morgan fingerprint density at radius 3 is 1.63 bits per heavy atom. The van der Waals surface area contributed by atoms with Gasteiger partial charge in [0.1, 0.15) is 16.4 Å². The van der Waals surface area contributed by atoms with E-state index in [0.717, 1.165) is 11.3 Å². The van der Waals surface area contributed by atoms with Crippen molar-refractivity contribution in [2.45, 2.75) is 29.4 Å². The molecule has 0 bridgehead atoms. The molecular weight excluding hydrogens is 520 g/mol. The summed E-state index contributed by atoms with van der Waals surface area (Å²) in [4.78, 5) is 14.3. The summed E-state index contributed by atoms with van der Waals surface area (Å²) in [5, 5.41) is 0.0591. The molecule has 35 heavy (non-hydrogen) atoms. The minimum atomic E-state index is -2.65. The highest BCUT2D eigenvalue weighted by atomic mass is 35.5. The lowest BCUT2D eigenvalue weighted by molar-refractivity contribution is 0.141. The monoisotopic (exact) mass is 540 g/mol. The van der Waals surface area contributed by atoms with E-state index < -0.39 is 18.5 Å². The molecule has 184 valence electrons. The van der Waals surface area contributed by atoms with E-state index in [4.69, 9.17) is 11.6 Å². The van der Waals surface area contributed by atoms with E-state index in [2.05, 4.69) is 44.7 Å². The van der Waals surface area contributed by atoms with Crippen molar-refractivity contribution in [1.29, 1.82) is 0 Å². The molecule has 0 saturated heterocycles. The fourth-order valence-corrected chi connectivity index (χ4v) is 3.70. The second kappa shape index (κ2) is 16.1. The lowest BCUT2D eigenvalue weighted by atomic mass is 10.2. The van der Waals surface area contributed by atoms with Crippen LogP contribution in [0.2, 0.25) is 5.15 Å². The Morgan fingerprint density at radius 1 is 0.686 bits per heavy atom. The highest BCUT2D eigenvalue weighted by Gasteiger charge is 2.15. The number of aromatic nitrogens is 4. The summed E-state index contributed by atoms with van der Waals surface area (Å²) in [6.07, 6.45) is -0.0855. The molecular formula is C24H21ClF4N4S2. The van der Waals surface area contributed by atoms with E-state index in [9.17, 15) is 17.6 Å². The number of rotatable bonds is 6. The molecule has 0 aliphatic rings. The van der Waals surface area contributed by atoms with Gasteiger partial charge in [0.05, 0.1) is 0 Å². The Labute approximate surface area is 215 Å². The van der Waals surface area contributed by atoms with Gasteiger partial charge in [-0.25, -0.2) is 27.5 Å². The van der Waals surface area contributed by atoms with Gasteiger partial charge in [0.15, 0.2) is 5.15 Å². The maximum absolute atomic E-state index is 12.6. The molecule has 2 aromatic carbocycles. The van der Waals surface area contributed by atoms with Gasteiger partial charge in [0, 0.05) is 36.3 Å². The highest BCUT2D eigenvalue weighted by Crippen LogP contribution is 2.28. The van der Waals surface area contributed by atoms with Gasteiger partial charge in [-0.3, -0.25) is 9.97 Å². The number of benzene rings is 2. The molecule has 0 amide bonds. The first kappa shape index (κ1) is 28.5. The molecule has 0 radical (unpaired) electrons. The SMILES string of the molecule is FC(F)c1nccnc1Cl.FC(F)c1nccnc1SCc1ccccc1.SCc1ccccc1. The van der Waals surface area contributed by atoms with Gasteiger partial charge in [-0.2, -0.15) is 12.6 Å². The minimum Gasteiger partial charge on any atom is -0.251 e. The zero-order valence-electron chi connectivity index (χ0n) is 18.2. The van der Waals surface area contributed by atoms with Crippen molar-refractivity contribution >= 4 is 36.0 Å². The first-order valence-corrected chi connectivity index (χ1v) is 12.1. The van der Waals surface area contributed by atoms with Gasteiger partial charge >= 0.3 is 0 Å². The number of hydrogen-bond donors (Lipinski definition) is 1. The van der Waals surface area contributed by atoms with Crippen molar-refractivity contribution in [2.24, 2.45) is 0 Å². The van der Waals surface area contributed by atoms with Crippen LogP contribution in [0.4, 0.5) is 17.6 Å². The molecule has 4 rings (SSSR count). The van der Waals surface area contributed by atoms with E-state index in [1.54, 1.807) is 0 Å². The normalized spacial score (nSPS) is 10.3. The van der Waals surface area contributed by atoms with Crippen LogP contribution in [0.25, 0.3) is 0 Å². The van der Waals surface area contributed by atoms with Gasteiger partial charge in [-0.1, -0.05) is 84.0 Å². The molecule has 2 heterocycles. The minimum absolute atomic E-state index is 0.238. The maximum atomic E-state index is 12.6. The maximum Gasteiger partial charge on any atom is 0.283 e. The second-order valence-corrected chi connectivity index (χ2v) is 8.14. The van der Waals surface area contributed by atoms with Crippen LogP contribution in [0, 0.1) is 0 Å². The fraction of sp³-hybridized carbons (Fsp3) is 0.167. The molecule has 11 heteroatoms. The van der Waals surface area contributed by atoms with Crippen LogP contribution in [-0.4, -0.2) is 19.9 Å². The zero-order chi connectivity index (χ0) is 25.5. The van der Waals surface area contributed by atoms with Crippen molar-refractivity contribution < 1.29 is 17.6 Å². The Balaban J connectivity index is 0.000000204. The number of halogens is 5. The number of thioether (sulfide) groups is 1. The Hall–Kier alpha value is -2.69. The van der Waals surface area contributed by atoms with Crippen molar-refractivity contribution in [3.8, 4) is 0 Å². The van der Waals surface area contributed by atoms with Crippen LogP contribution in [-0.2, 0) is 11.5 Å². The summed E-state index contributed by atoms with van der Waals surface area (Å²) < 4.78 is 49.0. The lowest BCUT2D eigenvalue weighted by Crippen LogP contribution is -1.96. The average Bonchev–Trinajstić information content (AvgIpc) is 2.89. The topological polar surface area (TPSA) is 51.6 Å².